The molecule has 2 heteroatoms. The maximum absolute atomic E-state index is 4.37. The van der Waals surface area contributed by atoms with Gasteiger partial charge in [-0.2, -0.15) is 0 Å². The first-order valence-electron chi connectivity index (χ1n) is 4.69. The molecule has 0 N–H and O–H groups in total. The van der Waals surface area contributed by atoms with E-state index in [1.54, 1.807) is 0 Å². The molecule has 2 aromatic rings. The highest BCUT2D eigenvalue weighted by atomic mass is 79.9. The molecule has 2 aromatic carbocycles. The molecule has 0 fully saturated rings. The average Bonchev–Trinajstić information content (AvgIpc) is 2.28. The normalized spacial score (nSPS) is 10.7. The average molecular weight is 260 g/mol. The molecule has 0 saturated heterocycles. The van der Waals surface area contributed by atoms with Crippen LogP contribution in [0.1, 0.15) is 5.56 Å². The predicted octanol–water partition coefficient (Wildman–Crippen LogP) is 4.20. The molecule has 2 rings (SSSR count). The maximum atomic E-state index is 4.37. The second-order valence-corrected chi connectivity index (χ2v) is 4.06. The molecule has 0 amide bonds. The van der Waals surface area contributed by atoms with Crippen molar-refractivity contribution in [2.24, 2.45) is 4.99 Å². The minimum absolute atomic E-state index is 0.970. The van der Waals surface area contributed by atoms with Gasteiger partial charge in [-0.05, 0) is 29.8 Å². The van der Waals surface area contributed by atoms with Crippen LogP contribution in [0.5, 0.6) is 0 Å². The van der Waals surface area contributed by atoms with E-state index in [1.807, 2.05) is 60.8 Å². The van der Waals surface area contributed by atoms with Crippen LogP contribution in [-0.2, 0) is 0 Å². The van der Waals surface area contributed by atoms with Crippen molar-refractivity contribution >= 4 is 27.8 Å². The Labute approximate surface area is 97.6 Å². The fourth-order valence-electron chi connectivity index (χ4n) is 1.25. The number of benzene rings is 2. The van der Waals surface area contributed by atoms with Crippen molar-refractivity contribution in [1.82, 2.24) is 0 Å². The molecular formula is C13H10BrN. The zero-order valence-electron chi connectivity index (χ0n) is 8.10. The van der Waals surface area contributed by atoms with Crippen LogP contribution in [0, 0.1) is 0 Å². The first-order chi connectivity index (χ1) is 7.34. The highest BCUT2D eigenvalue weighted by molar-refractivity contribution is 9.10. The molecule has 0 spiro atoms. The van der Waals surface area contributed by atoms with Gasteiger partial charge in [-0.1, -0.05) is 46.3 Å². The third-order valence-electron chi connectivity index (χ3n) is 1.97. The van der Waals surface area contributed by atoms with Crippen molar-refractivity contribution < 1.29 is 0 Å². The summed E-state index contributed by atoms with van der Waals surface area (Å²) in [6.07, 6.45) is 1.86. The summed E-state index contributed by atoms with van der Waals surface area (Å²) < 4.78 is 1.07. The number of hydrogen-bond donors (Lipinski definition) is 0. The van der Waals surface area contributed by atoms with Crippen LogP contribution in [-0.4, -0.2) is 6.21 Å². The van der Waals surface area contributed by atoms with Crippen LogP contribution in [0.3, 0.4) is 0 Å². The van der Waals surface area contributed by atoms with E-state index in [0.29, 0.717) is 0 Å². The molecule has 0 aromatic heterocycles. The number of para-hydroxylation sites is 1. The smallest absolute Gasteiger partial charge is 0.0629 e. The van der Waals surface area contributed by atoms with Crippen molar-refractivity contribution in [2.75, 3.05) is 0 Å². The van der Waals surface area contributed by atoms with Crippen LogP contribution >= 0.6 is 15.9 Å². The van der Waals surface area contributed by atoms with Gasteiger partial charge in [0.2, 0.25) is 0 Å². The van der Waals surface area contributed by atoms with Gasteiger partial charge in [-0.25, -0.2) is 0 Å². The molecule has 0 aliphatic heterocycles. The zero-order chi connectivity index (χ0) is 10.5. The van der Waals surface area contributed by atoms with Gasteiger partial charge in [0.25, 0.3) is 0 Å². The molecule has 15 heavy (non-hydrogen) atoms. The van der Waals surface area contributed by atoms with E-state index in [0.717, 1.165) is 15.7 Å². The van der Waals surface area contributed by atoms with E-state index in [9.17, 15) is 0 Å². The summed E-state index contributed by atoms with van der Waals surface area (Å²) in [6.45, 7) is 0. The Balaban J connectivity index is 2.19. The summed E-state index contributed by atoms with van der Waals surface area (Å²) in [5.41, 5.74) is 2.06. The fraction of sp³-hybridized carbons (Fsp3) is 0. The van der Waals surface area contributed by atoms with Crippen LogP contribution in [0.25, 0.3) is 0 Å². The number of rotatable bonds is 2. The summed E-state index contributed by atoms with van der Waals surface area (Å²) in [5, 5.41) is 0. The summed E-state index contributed by atoms with van der Waals surface area (Å²) >= 11 is 3.43. The molecule has 0 atom stereocenters. The molecule has 0 bridgehead atoms. The Morgan fingerprint density at radius 1 is 0.933 bits per heavy atom. The Morgan fingerprint density at radius 3 is 2.47 bits per heavy atom. The quantitative estimate of drug-likeness (QED) is 0.717. The SMILES string of the molecule is Brc1cccc(C=Nc2ccccc2)c1. The third-order valence-corrected chi connectivity index (χ3v) is 2.46. The van der Waals surface area contributed by atoms with Crippen LogP contribution in [0.2, 0.25) is 0 Å². The van der Waals surface area contributed by atoms with Crippen LogP contribution in [0.4, 0.5) is 5.69 Å². The number of halogens is 1. The number of nitrogens with zero attached hydrogens (tertiary/aromatic N) is 1. The van der Waals surface area contributed by atoms with E-state index >= 15 is 0 Å². The molecule has 0 aliphatic rings. The second-order valence-electron chi connectivity index (χ2n) is 3.15. The molecule has 0 heterocycles. The van der Waals surface area contributed by atoms with E-state index in [1.165, 1.54) is 0 Å². The van der Waals surface area contributed by atoms with Gasteiger partial charge < -0.3 is 0 Å². The first kappa shape index (κ1) is 10.1. The predicted molar refractivity (Wildman–Crippen MR) is 67.8 cm³/mol. The van der Waals surface area contributed by atoms with Crippen molar-refractivity contribution in [3.8, 4) is 0 Å². The molecule has 1 nitrogen and oxygen atoms in total. The number of hydrogen-bond acceptors (Lipinski definition) is 1. The maximum Gasteiger partial charge on any atom is 0.0629 e. The number of aliphatic imine (C=N–C) groups is 1. The van der Waals surface area contributed by atoms with Crippen LogP contribution < -0.4 is 0 Å². The van der Waals surface area contributed by atoms with E-state index in [2.05, 4.69) is 20.9 Å². The van der Waals surface area contributed by atoms with E-state index < -0.39 is 0 Å². The largest absolute Gasteiger partial charge is 0.256 e. The third kappa shape index (κ3) is 3.03. The van der Waals surface area contributed by atoms with Crippen molar-refractivity contribution in [3.05, 3.63) is 64.6 Å². The Kier molecular flexibility index (Phi) is 3.30. The molecule has 74 valence electrons. The lowest BCUT2D eigenvalue weighted by atomic mass is 10.2. The van der Waals surface area contributed by atoms with Gasteiger partial charge in [-0.3, -0.25) is 4.99 Å². The van der Waals surface area contributed by atoms with E-state index in [4.69, 9.17) is 0 Å². The minimum atomic E-state index is 0.970. The summed E-state index contributed by atoms with van der Waals surface area (Å²) in [5.74, 6) is 0. The topological polar surface area (TPSA) is 12.4 Å². The molecule has 0 aliphatic carbocycles. The van der Waals surface area contributed by atoms with Gasteiger partial charge in [0.05, 0.1) is 5.69 Å². The Morgan fingerprint density at radius 2 is 1.73 bits per heavy atom. The van der Waals surface area contributed by atoms with Gasteiger partial charge in [-0.15, -0.1) is 0 Å². The van der Waals surface area contributed by atoms with Gasteiger partial charge in [0, 0.05) is 10.7 Å². The lowest BCUT2D eigenvalue weighted by molar-refractivity contribution is 1.52. The van der Waals surface area contributed by atoms with Crippen molar-refractivity contribution in [2.45, 2.75) is 0 Å². The fourth-order valence-corrected chi connectivity index (χ4v) is 1.67. The van der Waals surface area contributed by atoms with E-state index in [-0.39, 0.29) is 0 Å². The highest BCUT2D eigenvalue weighted by Gasteiger charge is 1.89. The second kappa shape index (κ2) is 4.89. The van der Waals surface area contributed by atoms with Gasteiger partial charge >= 0.3 is 0 Å². The van der Waals surface area contributed by atoms with Crippen molar-refractivity contribution in [1.29, 1.82) is 0 Å². The molecular weight excluding hydrogens is 250 g/mol. The lowest BCUT2D eigenvalue weighted by Gasteiger charge is -1.94. The first-order valence-corrected chi connectivity index (χ1v) is 5.48. The minimum Gasteiger partial charge on any atom is -0.256 e. The Hall–Kier alpha value is -1.41. The molecule has 0 radical (unpaired) electrons. The molecule has 0 saturated carbocycles. The summed E-state index contributed by atoms with van der Waals surface area (Å²) in [4.78, 5) is 4.37. The summed E-state index contributed by atoms with van der Waals surface area (Å²) in [7, 11) is 0. The zero-order valence-corrected chi connectivity index (χ0v) is 9.68. The summed E-state index contributed by atoms with van der Waals surface area (Å²) in [6, 6.07) is 18.0. The van der Waals surface area contributed by atoms with Gasteiger partial charge in [0.15, 0.2) is 0 Å². The van der Waals surface area contributed by atoms with Gasteiger partial charge in [0.1, 0.15) is 0 Å². The monoisotopic (exact) mass is 259 g/mol. The highest BCUT2D eigenvalue weighted by Crippen LogP contribution is 2.12. The van der Waals surface area contributed by atoms with Crippen molar-refractivity contribution in [3.63, 3.8) is 0 Å². The molecule has 0 unspecified atom stereocenters. The Bertz CT molecular complexity index is 463. The van der Waals surface area contributed by atoms with Crippen LogP contribution in [0.15, 0.2) is 64.1 Å². The lowest BCUT2D eigenvalue weighted by Crippen LogP contribution is -1.79. The standard InChI is InChI=1S/C13H10BrN/c14-12-6-4-5-11(9-12)10-15-13-7-2-1-3-8-13/h1-10H.